The Kier molecular flexibility index (Phi) is 5.41. The molecule has 6 heteroatoms. The molecular weight excluding hydrogens is 330 g/mol. The van der Waals surface area contributed by atoms with Crippen molar-refractivity contribution in [1.82, 2.24) is 10.2 Å². The number of hydrogen-bond acceptors (Lipinski definition) is 3. The van der Waals surface area contributed by atoms with Crippen molar-refractivity contribution in [3.8, 4) is 16.9 Å². The molecule has 0 unspecified atom stereocenters. The minimum Gasteiger partial charge on any atom is -0.497 e. The van der Waals surface area contributed by atoms with Crippen LogP contribution >= 0.6 is 0 Å². The Morgan fingerprint density at radius 1 is 1.12 bits per heavy atom. The zero-order chi connectivity index (χ0) is 18.5. The highest BCUT2D eigenvalue weighted by Gasteiger charge is 2.33. The maximum atomic E-state index is 12.5. The number of methoxy groups -OCH3 is 1. The number of hydrogen-bond donors (Lipinski definition) is 2. The fourth-order valence-electron chi connectivity index (χ4n) is 3.19. The molecule has 0 spiro atoms. The number of urea groups is 1. The number of nitrogens with zero attached hydrogens (tertiary/aromatic N) is 1. The smallest absolute Gasteiger partial charge is 0.322 e. The van der Waals surface area contributed by atoms with Crippen molar-refractivity contribution >= 4 is 17.6 Å². The first-order chi connectivity index (χ1) is 12.6. The Morgan fingerprint density at radius 2 is 1.88 bits per heavy atom. The molecule has 3 rings (SSSR count). The number of likely N-dealkylation sites (N-methyl/N-ethyl adjacent to an activating group) is 1. The van der Waals surface area contributed by atoms with E-state index < -0.39 is 6.04 Å². The number of anilines is 1. The van der Waals surface area contributed by atoms with Gasteiger partial charge in [0.25, 0.3) is 0 Å². The second-order valence-corrected chi connectivity index (χ2v) is 6.21. The number of carbonyl (C=O) groups excluding carboxylic acids is 2. The average molecular weight is 353 g/mol. The summed E-state index contributed by atoms with van der Waals surface area (Å²) in [6.45, 7) is 0.589. The number of carbonyl (C=O) groups is 2. The Bertz CT molecular complexity index is 789. The Hall–Kier alpha value is -3.02. The molecule has 0 radical (unpaired) electrons. The van der Waals surface area contributed by atoms with Crippen LogP contribution in [-0.4, -0.2) is 43.6 Å². The van der Waals surface area contributed by atoms with Gasteiger partial charge in [0.2, 0.25) is 5.91 Å². The molecule has 0 saturated carbocycles. The monoisotopic (exact) mass is 353 g/mol. The summed E-state index contributed by atoms with van der Waals surface area (Å²) in [6, 6.07) is 14.8. The first-order valence-electron chi connectivity index (χ1n) is 8.66. The van der Waals surface area contributed by atoms with Gasteiger partial charge in [0.15, 0.2) is 0 Å². The molecule has 1 aliphatic rings. The largest absolute Gasteiger partial charge is 0.497 e. The van der Waals surface area contributed by atoms with Crippen molar-refractivity contribution in [2.75, 3.05) is 26.0 Å². The molecule has 0 aliphatic carbocycles. The van der Waals surface area contributed by atoms with Crippen LogP contribution < -0.4 is 15.4 Å². The van der Waals surface area contributed by atoms with Gasteiger partial charge in [0.05, 0.1) is 7.11 Å². The molecule has 0 bridgehead atoms. The summed E-state index contributed by atoms with van der Waals surface area (Å²) >= 11 is 0. The van der Waals surface area contributed by atoms with Crippen molar-refractivity contribution in [1.29, 1.82) is 0 Å². The van der Waals surface area contributed by atoms with Gasteiger partial charge in [-0.25, -0.2) is 4.79 Å². The van der Waals surface area contributed by atoms with E-state index in [1.54, 1.807) is 19.1 Å². The summed E-state index contributed by atoms with van der Waals surface area (Å²) in [5.41, 5.74) is 2.77. The van der Waals surface area contributed by atoms with Crippen LogP contribution in [0.4, 0.5) is 10.5 Å². The summed E-state index contributed by atoms with van der Waals surface area (Å²) in [7, 11) is 3.23. The van der Waals surface area contributed by atoms with E-state index in [9.17, 15) is 9.59 Å². The molecule has 1 heterocycles. The minimum atomic E-state index is -0.393. The highest BCUT2D eigenvalue weighted by molar-refractivity contribution is 5.94. The average Bonchev–Trinajstić information content (AvgIpc) is 3.18. The highest BCUT2D eigenvalue weighted by Crippen LogP contribution is 2.25. The van der Waals surface area contributed by atoms with Gasteiger partial charge >= 0.3 is 6.03 Å². The number of likely N-dealkylation sites (tertiary alicyclic amines) is 1. The van der Waals surface area contributed by atoms with E-state index in [2.05, 4.69) is 10.6 Å². The van der Waals surface area contributed by atoms with Crippen molar-refractivity contribution < 1.29 is 14.3 Å². The molecule has 1 aliphatic heterocycles. The second-order valence-electron chi connectivity index (χ2n) is 6.21. The lowest BCUT2D eigenvalue weighted by molar-refractivity contribution is -0.124. The number of amides is 3. The van der Waals surface area contributed by atoms with Crippen LogP contribution in [0.15, 0.2) is 48.5 Å². The van der Waals surface area contributed by atoms with E-state index in [0.717, 1.165) is 23.3 Å². The van der Waals surface area contributed by atoms with Crippen molar-refractivity contribution in [2.45, 2.75) is 18.9 Å². The van der Waals surface area contributed by atoms with E-state index >= 15 is 0 Å². The molecule has 0 aromatic heterocycles. The zero-order valence-corrected chi connectivity index (χ0v) is 15.0. The van der Waals surface area contributed by atoms with Crippen molar-refractivity contribution in [3.05, 3.63) is 48.5 Å². The third-order valence-electron chi connectivity index (χ3n) is 4.60. The third kappa shape index (κ3) is 3.79. The van der Waals surface area contributed by atoms with E-state index in [0.29, 0.717) is 18.7 Å². The van der Waals surface area contributed by atoms with E-state index in [1.807, 2.05) is 48.5 Å². The molecule has 26 heavy (non-hydrogen) atoms. The molecule has 6 nitrogen and oxygen atoms in total. The molecular formula is C20H23N3O3. The lowest BCUT2D eigenvalue weighted by atomic mass is 10.1. The van der Waals surface area contributed by atoms with E-state index in [4.69, 9.17) is 4.74 Å². The van der Waals surface area contributed by atoms with Crippen molar-refractivity contribution in [2.24, 2.45) is 0 Å². The van der Waals surface area contributed by atoms with Crippen LogP contribution in [0, 0.1) is 0 Å². The number of rotatable bonds is 4. The van der Waals surface area contributed by atoms with Gasteiger partial charge < -0.3 is 20.3 Å². The van der Waals surface area contributed by atoms with Gasteiger partial charge in [-0.2, -0.15) is 0 Å². The molecule has 1 atom stereocenters. The molecule has 2 N–H and O–H groups in total. The zero-order valence-electron chi connectivity index (χ0n) is 15.0. The standard InChI is InChI=1S/C20H23N3O3/c1-21-19(24)18-7-4-12-23(18)20(25)22-16-10-8-14(9-11-16)15-5-3-6-17(13-15)26-2/h3,5-6,8-11,13,18H,4,7,12H2,1-2H3,(H,21,24)(H,22,25)/t18-/m1/s1. The van der Waals surface area contributed by atoms with Crippen LogP contribution in [0.2, 0.25) is 0 Å². The van der Waals surface area contributed by atoms with E-state index in [1.165, 1.54) is 0 Å². The quantitative estimate of drug-likeness (QED) is 0.887. The summed E-state index contributed by atoms with van der Waals surface area (Å²) < 4.78 is 5.25. The van der Waals surface area contributed by atoms with Gasteiger partial charge in [-0.05, 0) is 48.2 Å². The molecule has 3 amide bonds. The first-order valence-corrected chi connectivity index (χ1v) is 8.66. The Labute approximate surface area is 153 Å². The van der Waals surface area contributed by atoms with Gasteiger partial charge in [-0.1, -0.05) is 24.3 Å². The van der Waals surface area contributed by atoms with Gasteiger partial charge in [0, 0.05) is 19.3 Å². The summed E-state index contributed by atoms with van der Waals surface area (Å²) in [5, 5.41) is 5.50. The Balaban J connectivity index is 1.69. The maximum absolute atomic E-state index is 12.5. The molecule has 2 aromatic carbocycles. The number of benzene rings is 2. The molecule has 1 saturated heterocycles. The minimum absolute atomic E-state index is 0.119. The van der Waals surface area contributed by atoms with Crippen LogP contribution in [0.5, 0.6) is 5.75 Å². The molecule has 136 valence electrons. The summed E-state index contributed by atoms with van der Waals surface area (Å²) in [6.07, 6.45) is 1.53. The number of ether oxygens (including phenoxy) is 1. The first kappa shape index (κ1) is 17.8. The third-order valence-corrected chi connectivity index (χ3v) is 4.60. The predicted octanol–water partition coefficient (Wildman–Crippen LogP) is 3.10. The van der Waals surface area contributed by atoms with Crippen LogP contribution in [0.25, 0.3) is 11.1 Å². The Morgan fingerprint density at radius 3 is 2.58 bits per heavy atom. The lowest BCUT2D eigenvalue weighted by Crippen LogP contribution is -2.46. The summed E-state index contributed by atoms with van der Waals surface area (Å²) in [5.74, 6) is 0.681. The molecule has 2 aromatic rings. The second kappa shape index (κ2) is 7.91. The fraction of sp³-hybridized carbons (Fsp3) is 0.300. The van der Waals surface area contributed by atoms with Gasteiger partial charge in [0.1, 0.15) is 11.8 Å². The predicted molar refractivity (Wildman–Crippen MR) is 101 cm³/mol. The van der Waals surface area contributed by atoms with Gasteiger partial charge in [-0.15, -0.1) is 0 Å². The topological polar surface area (TPSA) is 70.7 Å². The fourth-order valence-corrected chi connectivity index (χ4v) is 3.19. The summed E-state index contributed by atoms with van der Waals surface area (Å²) in [4.78, 5) is 26.0. The van der Waals surface area contributed by atoms with E-state index in [-0.39, 0.29) is 11.9 Å². The van der Waals surface area contributed by atoms with Crippen LogP contribution in [-0.2, 0) is 4.79 Å². The van der Waals surface area contributed by atoms with Crippen molar-refractivity contribution in [3.63, 3.8) is 0 Å². The maximum Gasteiger partial charge on any atom is 0.322 e. The highest BCUT2D eigenvalue weighted by atomic mass is 16.5. The lowest BCUT2D eigenvalue weighted by Gasteiger charge is -2.23. The SMILES string of the molecule is CNC(=O)[C@H]1CCCN1C(=O)Nc1ccc(-c2cccc(OC)c2)cc1. The molecule has 1 fully saturated rings. The van der Waals surface area contributed by atoms with Gasteiger partial charge in [-0.3, -0.25) is 4.79 Å². The van der Waals surface area contributed by atoms with Crippen LogP contribution in [0.1, 0.15) is 12.8 Å². The number of nitrogens with one attached hydrogen (secondary N) is 2. The van der Waals surface area contributed by atoms with Crippen LogP contribution in [0.3, 0.4) is 0 Å². The normalized spacial score (nSPS) is 16.2.